The topological polar surface area (TPSA) is 60.2 Å². The predicted molar refractivity (Wildman–Crippen MR) is 80.3 cm³/mol. The number of ether oxygens (including phenoxy) is 1. The van der Waals surface area contributed by atoms with Gasteiger partial charge < -0.3 is 15.8 Å². The van der Waals surface area contributed by atoms with Crippen molar-refractivity contribution >= 4 is 17.3 Å². The fraction of sp³-hybridized carbons (Fsp3) is 0.267. The quantitative estimate of drug-likeness (QED) is 0.912. The molecular formula is C15H16ClN3O. The van der Waals surface area contributed by atoms with Crippen molar-refractivity contribution < 1.29 is 4.74 Å². The average molecular weight is 290 g/mol. The summed E-state index contributed by atoms with van der Waals surface area (Å²) in [6.07, 6.45) is 1.71. The maximum Gasteiger partial charge on any atom is 0.218 e. The molecule has 1 aliphatic heterocycles. The van der Waals surface area contributed by atoms with Crippen molar-refractivity contribution in [3.8, 4) is 5.88 Å². The number of fused-ring (bicyclic) bond motifs is 1. The minimum Gasteiger partial charge on any atom is -0.478 e. The number of hydrogen-bond acceptors (Lipinski definition) is 4. The first kappa shape index (κ1) is 13.2. The smallest absolute Gasteiger partial charge is 0.218 e. The van der Waals surface area contributed by atoms with E-state index in [1.165, 1.54) is 0 Å². The molecule has 0 saturated carbocycles. The van der Waals surface area contributed by atoms with Gasteiger partial charge >= 0.3 is 0 Å². The van der Waals surface area contributed by atoms with E-state index in [4.69, 9.17) is 22.1 Å². The van der Waals surface area contributed by atoms with Crippen molar-refractivity contribution in [3.05, 3.63) is 52.7 Å². The van der Waals surface area contributed by atoms with Crippen LogP contribution in [0, 0.1) is 0 Å². The SMILES string of the molecule is CCOc1ncccc1C1(N)CNc2ccc(Cl)cc21. The number of pyridine rings is 1. The largest absolute Gasteiger partial charge is 0.478 e. The van der Waals surface area contributed by atoms with Crippen LogP contribution in [0.4, 0.5) is 5.69 Å². The summed E-state index contributed by atoms with van der Waals surface area (Å²) in [4.78, 5) is 4.29. The number of rotatable bonds is 3. The van der Waals surface area contributed by atoms with Crippen LogP contribution >= 0.6 is 11.6 Å². The first-order valence-corrected chi connectivity index (χ1v) is 6.94. The van der Waals surface area contributed by atoms with Gasteiger partial charge in [-0.2, -0.15) is 0 Å². The van der Waals surface area contributed by atoms with Gasteiger partial charge in [0.2, 0.25) is 5.88 Å². The Labute approximate surface area is 122 Å². The van der Waals surface area contributed by atoms with E-state index in [0.717, 1.165) is 16.8 Å². The van der Waals surface area contributed by atoms with Crippen molar-refractivity contribution in [3.63, 3.8) is 0 Å². The molecule has 0 bridgehead atoms. The molecule has 20 heavy (non-hydrogen) atoms. The van der Waals surface area contributed by atoms with Gasteiger partial charge in [0.05, 0.1) is 12.1 Å². The van der Waals surface area contributed by atoms with Crippen LogP contribution in [0.25, 0.3) is 0 Å². The highest BCUT2D eigenvalue weighted by Crippen LogP contribution is 2.41. The van der Waals surface area contributed by atoms with Crippen LogP contribution in [0.3, 0.4) is 0 Å². The summed E-state index contributed by atoms with van der Waals surface area (Å²) < 4.78 is 5.61. The van der Waals surface area contributed by atoms with Crippen molar-refractivity contribution in [2.75, 3.05) is 18.5 Å². The Hall–Kier alpha value is -1.78. The van der Waals surface area contributed by atoms with Gasteiger partial charge in [0.15, 0.2) is 0 Å². The third-order valence-electron chi connectivity index (χ3n) is 3.55. The van der Waals surface area contributed by atoms with Gasteiger partial charge in [-0.15, -0.1) is 0 Å². The van der Waals surface area contributed by atoms with Gasteiger partial charge in [-0.1, -0.05) is 11.6 Å². The molecule has 2 aromatic rings. The van der Waals surface area contributed by atoms with E-state index in [1.807, 2.05) is 37.3 Å². The second-order valence-electron chi connectivity index (χ2n) is 4.80. The van der Waals surface area contributed by atoms with Gasteiger partial charge in [-0.3, -0.25) is 0 Å². The molecule has 0 saturated heterocycles. The number of anilines is 1. The van der Waals surface area contributed by atoms with Gasteiger partial charge in [-0.05, 0) is 37.3 Å². The number of nitrogens with two attached hydrogens (primary N) is 1. The maximum absolute atomic E-state index is 6.65. The first-order chi connectivity index (χ1) is 9.65. The first-order valence-electron chi connectivity index (χ1n) is 6.56. The van der Waals surface area contributed by atoms with Crippen LogP contribution in [0.2, 0.25) is 5.02 Å². The van der Waals surface area contributed by atoms with Crippen LogP contribution in [0.15, 0.2) is 36.5 Å². The summed E-state index contributed by atoms with van der Waals surface area (Å²) in [6, 6.07) is 9.53. The second-order valence-corrected chi connectivity index (χ2v) is 5.24. The molecule has 3 N–H and O–H groups in total. The Morgan fingerprint density at radius 3 is 3.05 bits per heavy atom. The van der Waals surface area contributed by atoms with Crippen molar-refractivity contribution in [1.82, 2.24) is 4.98 Å². The standard InChI is InChI=1S/C15H16ClN3O/c1-2-20-14-11(4-3-7-18-14)15(17)9-19-13-6-5-10(16)8-12(13)15/h3-8,19H,2,9,17H2,1H3. The summed E-state index contributed by atoms with van der Waals surface area (Å²) in [5.74, 6) is 0.576. The average Bonchev–Trinajstić information content (AvgIpc) is 2.78. The lowest BCUT2D eigenvalue weighted by Crippen LogP contribution is -2.40. The van der Waals surface area contributed by atoms with Gasteiger partial charge in [0, 0.05) is 34.6 Å². The van der Waals surface area contributed by atoms with Crippen LogP contribution in [0.1, 0.15) is 18.1 Å². The van der Waals surface area contributed by atoms with E-state index < -0.39 is 5.54 Å². The van der Waals surface area contributed by atoms with Gasteiger partial charge in [-0.25, -0.2) is 4.98 Å². The minimum atomic E-state index is -0.682. The highest BCUT2D eigenvalue weighted by Gasteiger charge is 2.39. The Bertz CT molecular complexity index is 647. The molecule has 104 valence electrons. The molecule has 0 amide bonds. The molecule has 1 aromatic carbocycles. The van der Waals surface area contributed by atoms with Crippen molar-refractivity contribution in [1.29, 1.82) is 0 Å². The monoisotopic (exact) mass is 289 g/mol. The van der Waals surface area contributed by atoms with Crippen molar-refractivity contribution in [2.24, 2.45) is 5.73 Å². The zero-order valence-electron chi connectivity index (χ0n) is 11.2. The summed E-state index contributed by atoms with van der Waals surface area (Å²) in [7, 11) is 0. The lowest BCUT2D eigenvalue weighted by molar-refractivity contribution is 0.316. The van der Waals surface area contributed by atoms with E-state index in [1.54, 1.807) is 6.20 Å². The molecule has 0 spiro atoms. The molecule has 4 nitrogen and oxygen atoms in total. The number of aromatic nitrogens is 1. The summed E-state index contributed by atoms with van der Waals surface area (Å²) in [5.41, 5.74) is 8.81. The molecule has 1 aromatic heterocycles. The normalized spacial score (nSPS) is 20.4. The predicted octanol–water partition coefficient (Wildman–Crippen LogP) is 2.76. The molecule has 1 aliphatic rings. The van der Waals surface area contributed by atoms with E-state index in [9.17, 15) is 0 Å². The number of nitrogens with zero attached hydrogens (tertiary/aromatic N) is 1. The molecule has 3 rings (SSSR count). The van der Waals surface area contributed by atoms with Crippen LogP contribution < -0.4 is 15.8 Å². The van der Waals surface area contributed by atoms with Crippen LogP contribution in [0.5, 0.6) is 5.88 Å². The zero-order chi connectivity index (χ0) is 14.2. The molecule has 0 aliphatic carbocycles. The number of nitrogens with one attached hydrogen (secondary N) is 1. The van der Waals surface area contributed by atoms with E-state index in [0.29, 0.717) is 24.1 Å². The Balaban J connectivity index is 2.14. The van der Waals surface area contributed by atoms with E-state index in [2.05, 4.69) is 10.3 Å². The number of benzene rings is 1. The van der Waals surface area contributed by atoms with Gasteiger partial charge in [0.25, 0.3) is 0 Å². The Morgan fingerprint density at radius 1 is 1.40 bits per heavy atom. The molecule has 1 atom stereocenters. The molecular weight excluding hydrogens is 274 g/mol. The van der Waals surface area contributed by atoms with Crippen LogP contribution in [-0.4, -0.2) is 18.1 Å². The lowest BCUT2D eigenvalue weighted by Gasteiger charge is -2.26. The number of hydrogen-bond donors (Lipinski definition) is 2. The van der Waals surface area contributed by atoms with Crippen LogP contribution in [-0.2, 0) is 5.54 Å². The molecule has 0 fully saturated rings. The summed E-state index contributed by atoms with van der Waals surface area (Å²) in [6.45, 7) is 3.07. The summed E-state index contributed by atoms with van der Waals surface area (Å²) in [5, 5.41) is 3.99. The molecule has 1 unspecified atom stereocenters. The third-order valence-corrected chi connectivity index (χ3v) is 3.79. The highest BCUT2D eigenvalue weighted by molar-refractivity contribution is 6.30. The highest BCUT2D eigenvalue weighted by atomic mass is 35.5. The summed E-state index contributed by atoms with van der Waals surface area (Å²) >= 11 is 6.11. The molecule has 5 heteroatoms. The van der Waals surface area contributed by atoms with E-state index in [-0.39, 0.29) is 0 Å². The molecule has 0 radical (unpaired) electrons. The Kier molecular flexibility index (Phi) is 3.28. The maximum atomic E-state index is 6.65. The fourth-order valence-corrected chi connectivity index (χ4v) is 2.76. The minimum absolute atomic E-state index is 0.552. The van der Waals surface area contributed by atoms with Gasteiger partial charge in [0.1, 0.15) is 0 Å². The zero-order valence-corrected chi connectivity index (χ0v) is 11.9. The van der Waals surface area contributed by atoms with Crippen molar-refractivity contribution in [2.45, 2.75) is 12.5 Å². The lowest BCUT2D eigenvalue weighted by atomic mass is 9.86. The third kappa shape index (κ3) is 2.01. The second kappa shape index (κ2) is 4.96. The number of halogens is 1. The van der Waals surface area contributed by atoms with E-state index >= 15 is 0 Å². The fourth-order valence-electron chi connectivity index (χ4n) is 2.59. The molecule has 2 heterocycles. The Morgan fingerprint density at radius 2 is 2.25 bits per heavy atom.